The number of carbonyl (C=O) groups excluding carboxylic acids is 1. The van der Waals surface area contributed by atoms with Crippen LogP contribution in [0.3, 0.4) is 0 Å². The summed E-state index contributed by atoms with van der Waals surface area (Å²) in [6, 6.07) is 4.05. The van der Waals surface area contributed by atoms with E-state index < -0.39 is 15.9 Å². The molecule has 0 unspecified atom stereocenters. The van der Waals surface area contributed by atoms with E-state index in [2.05, 4.69) is 9.82 Å². The summed E-state index contributed by atoms with van der Waals surface area (Å²) in [4.78, 5) is 11.6. The number of carbonyl (C=O) groups is 1. The number of hydrogen-bond acceptors (Lipinski definition) is 5. The smallest absolute Gasteiger partial charge is 0.262 e. The molecule has 26 heavy (non-hydrogen) atoms. The first-order valence-electron chi connectivity index (χ1n) is 8.34. The third kappa shape index (κ3) is 3.98. The molecule has 2 rings (SSSR count). The molecule has 1 aromatic heterocycles. The Balaban J connectivity index is 2.42. The molecule has 0 fully saturated rings. The Morgan fingerprint density at radius 1 is 1.31 bits per heavy atom. The average Bonchev–Trinajstić information content (AvgIpc) is 2.86. The van der Waals surface area contributed by atoms with Gasteiger partial charge < -0.3 is 10.5 Å². The van der Waals surface area contributed by atoms with Crippen molar-refractivity contribution in [2.24, 2.45) is 5.73 Å². The van der Waals surface area contributed by atoms with Crippen molar-refractivity contribution in [1.82, 2.24) is 9.78 Å². The summed E-state index contributed by atoms with van der Waals surface area (Å²) in [6.07, 6.45) is 0.750. The van der Waals surface area contributed by atoms with Crippen molar-refractivity contribution in [3.8, 4) is 5.75 Å². The monoisotopic (exact) mass is 380 g/mol. The van der Waals surface area contributed by atoms with Crippen molar-refractivity contribution in [1.29, 1.82) is 0 Å². The number of ether oxygens (including phenoxy) is 1. The zero-order chi connectivity index (χ0) is 19.5. The highest BCUT2D eigenvalue weighted by atomic mass is 32.2. The van der Waals surface area contributed by atoms with Crippen LogP contribution < -0.4 is 15.2 Å². The lowest BCUT2D eigenvalue weighted by atomic mass is 10.2. The van der Waals surface area contributed by atoms with E-state index in [1.807, 2.05) is 13.8 Å². The number of nitrogens with two attached hydrogens (primary N) is 1. The Morgan fingerprint density at radius 3 is 2.54 bits per heavy atom. The molecule has 0 aliphatic carbocycles. The Bertz CT molecular complexity index is 919. The number of nitrogens with zero attached hydrogens (tertiary/aromatic N) is 2. The molecule has 0 saturated heterocycles. The summed E-state index contributed by atoms with van der Waals surface area (Å²) in [7, 11) is -3.91. The largest absolute Gasteiger partial charge is 0.493 e. The van der Waals surface area contributed by atoms with E-state index in [-0.39, 0.29) is 16.2 Å². The molecule has 0 radical (unpaired) electrons. The van der Waals surface area contributed by atoms with Crippen LogP contribution >= 0.6 is 0 Å². The lowest BCUT2D eigenvalue weighted by Gasteiger charge is -2.12. The maximum atomic E-state index is 12.8. The molecule has 142 valence electrons. The molecule has 1 heterocycles. The molecular formula is C17H24N4O4S. The Hall–Kier alpha value is -2.55. The summed E-state index contributed by atoms with van der Waals surface area (Å²) in [5.74, 6) is -0.483. The molecule has 1 aromatic carbocycles. The predicted molar refractivity (Wildman–Crippen MR) is 98.9 cm³/mol. The summed E-state index contributed by atoms with van der Waals surface area (Å²) < 4.78 is 35.2. The molecule has 8 nitrogen and oxygen atoms in total. The van der Waals surface area contributed by atoms with Crippen LogP contribution in [0.2, 0.25) is 0 Å². The van der Waals surface area contributed by atoms with Gasteiger partial charge in [-0.2, -0.15) is 5.10 Å². The fourth-order valence-corrected chi connectivity index (χ4v) is 3.75. The molecule has 0 spiro atoms. The van der Waals surface area contributed by atoms with Crippen LogP contribution in [-0.2, 0) is 16.6 Å². The lowest BCUT2D eigenvalue weighted by molar-refractivity contribution is 0.0996. The van der Waals surface area contributed by atoms with Gasteiger partial charge in [0.05, 0.1) is 34.1 Å². The Labute approximate surface area is 153 Å². The zero-order valence-corrected chi connectivity index (χ0v) is 16.2. The summed E-state index contributed by atoms with van der Waals surface area (Å²) in [5, 5.41) is 4.30. The van der Waals surface area contributed by atoms with Crippen molar-refractivity contribution in [3.63, 3.8) is 0 Å². The summed E-state index contributed by atoms with van der Waals surface area (Å²) in [6.45, 7) is 8.40. The molecule has 9 heteroatoms. The zero-order valence-electron chi connectivity index (χ0n) is 15.4. The van der Waals surface area contributed by atoms with E-state index in [0.29, 0.717) is 30.2 Å². The van der Waals surface area contributed by atoms with Gasteiger partial charge in [-0.3, -0.25) is 14.2 Å². The average molecular weight is 380 g/mol. The third-order valence-corrected chi connectivity index (χ3v) is 5.25. The molecular weight excluding hydrogens is 356 g/mol. The highest BCUT2D eigenvalue weighted by Crippen LogP contribution is 2.26. The number of sulfonamides is 1. The molecule has 0 aliphatic rings. The number of amides is 1. The minimum atomic E-state index is -3.91. The number of primary amides is 1. The van der Waals surface area contributed by atoms with Gasteiger partial charge in [-0.25, -0.2) is 8.42 Å². The quantitative estimate of drug-likeness (QED) is 0.728. The molecule has 3 N–H and O–H groups in total. The molecule has 0 aliphatic heterocycles. The van der Waals surface area contributed by atoms with E-state index in [1.165, 1.54) is 18.2 Å². The van der Waals surface area contributed by atoms with Gasteiger partial charge in [0.1, 0.15) is 5.75 Å². The molecule has 0 bridgehead atoms. The number of hydrogen-bond donors (Lipinski definition) is 2. The molecule has 1 amide bonds. The fourth-order valence-electron chi connectivity index (χ4n) is 2.55. The number of rotatable bonds is 8. The van der Waals surface area contributed by atoms with Crippen LogP contribution in [0.15, 0.2) is 23.1 Å². The minimum absolute atomic E-state index is 0.0269. The topological polar surface area (TPSA) is 116 Å². The molecule has 0 saturated carbocycles. The standard InChI is InChI=1S/C17H24N4O4S/c1-5-9-25-15-8-7-13(10-14(15)17(18)22)26(23,24)20-16-11(3)19-21(6-2)12(16)4/h7-8,10,20H,5-6,9H2,1-4H3,(H2,18,22). The first-order chi connectivity index (χ1) is 12.2. The van der Waals surface area contributed by atoms with E-state index in [0.717, 1.165) is 6.42 Å². The number of nitrogens with one attached hydrogen (secondary N) is 1. The fraction of sp³-hybridized carbons (Fsp3) is 0.412. The van der Waals surface area contributed by atoms with Crippen molar-refractivity contribution in [2.75, 3.05) is 11.3 Å². The minimum Gasteiger partial charge on any atom is -0.493 e. The Morgan fingerprint density at radius 2 is 2.00 bits per heavy atom. The van der Waals surface area contributed by atoms with Crippen LogP contribution in [0.25, 0.3) is 0 Å². The second-order valence-electron chi connectivity index (χ2n) is 5.84. The van der Waals surface area contributed by atoms with E-state index in [1.54, 1.807) is 18.5 Å². The number of benzene rings is 1. The number of aromatic nitrogens is 2. The van der Waals surface area contributed by atoms with Crippen LogP contribution in [0.1, 0.15) is 42.0 Å². The van der Waals surface area contributed by atoms with Crippen molar-refractivity contribution in [2.45, 2.75) is 45.6 Å². The highest BCUT2D eigenvalue weighted by Gasteiger charge is 2.22. The van der Waals surface area contributed by atoms with Gasteiger partial charge in [-0.1, -0.05) is 6.92 Å². The van der Waals surface area contributed by atoms with Gasteiger partial charge in [0, 0.05) is 6.54 Å². The van der Waals surface area contributed by atoms with Gasteiger partial charge >= 0.3 is 0 Å². The number of anilines is 1. The highest BCUT2D eigenvalue weighted by molar-refractivity contribution is 7.92. The number of aryl methyl sites for hydroxylation is 2. The van der Waals surface area contributed by atoms with E-state index in [4.69, 9.17) is 10.5 Å². The van der Waals surface area contributed by atoms with Crippen LogP contribution in [0.4, 0.5) is 5.69 Å². The molecule has 2 aromatic rings. The van der Waals surface area contributed by atoms with Crippen LogP contribution in [-0.4, -0.2) is 30.7 Å². The van der Waals surface area contributed by atoms with E-state index in [9.17, 15) is 13.2 Å². The van der Waals surface area contributed by atoms with Crippen molar-refractivity contribution >= 4 is 21.6 Å². The first kappa shape index (κ1) is 19.8. The second-order valence-corrected chi connectivity index (χ2v) is 7.52. The predicted octanol–water partition coefficient (Wildman–Crippen LogP) is 2.21. The van der Waals surface area contributed by atoms with Crippen LogP contribution in [0.5, 0.6) is 5.75 Å². The maximum Gasteiger partial charge on any atom is 0.262 e. The summed E-state index contributed by atoms with van der Waals surface area (Å²) >= 11 is 0. The van der Waals surface area contributed by atoms with Gasteiger partial charge in [0.2, 0.25) is 0 Å². The van der Waals surface area contributed by atoms with Crippen molar-refractivity contribution < 1.29 is 17.9 Å². The normalized spacial score (nSPS) is 11.4. The van der Waals surface area contributed by atoms with E-state index >= 15 is 0 Å². The van der Waals surface area contributed by atoms with Crippen molar-refractivity contribution in [3.05, 3.63) is 35.2 Å². The Kier molecular flexibility index (Phi) is 5.91. The molecule has 0 atom stereocenters. The van der Waals surface area contributed by atoms with Gasteiger partial charge in [0.25, 0.3) is 15.9 Å². The SMILES string of the molecule is CCCOc1ccc(S(=O)(=O)Nc2c(C)nn(CC)c2C)cc1C(N)=O. The third-order valence-electron chi connectivity index (χ3n) is 3.91. The van der Waals surface area contributed by atoms with Gasteiger partial charge in [0.15, 0.2) is 0 Å². The van der Waals surface area contributed by atoms with Crippen LogP contribution in [0, 0.1) is 13.8 Å². The first-order valence-corrected chi connectivity index (χ1v) is 9.83. The second kappa shape index (κ2) is 7.77. The lowest BCUT2D eigenvalue weighted by Crippen LogP contribution is -2.17. The summed E-state index contributed by atoms with van der Waals surface area (Å²) in [5.41, 5.74) is 7.12. The van der Waals surface area contributed by atoms with Gasteiger partial charge in [-0.15, -0.1) is 0 Å². The van der Waals surface area contributed by atoms with Gasteiger partial charge in [-0.05, 0) is 45.4 Å². The maximum absolute atomic E-state index is 12.8.